The average Bonchev–Trinajstić information content (AvgIpc) is 3.14. The van der Waals surface area contributed by atoms with E-state index in [1.54, 1.807) is 0 Å². The molecule has 0 bridgehead atoms. The Morgan fingerprint density at radius 3 is 2.50 bits per heavy atom. The zero-order valence-electron chi connectivity index (χ0n) is 11.5. The number of rotatable bonds is 7. The summed E-state index contributed by atoms with van der Waals surface area (Å²) < 4.78 is 0. The number of hydrogen-bond donors (Lipinski definition) is 1. The van der Waals surface area contributed by atoms with Crippen molar-refractivity contribution in [3.8, 4) is 0 Å². The normalized spacial score (nSPS) is 18.6. The third-order valence-corrected chi connectivity index (χ3v) is 4.04. The minimum atomic E-state index is 0.366. The van der Waals surface area contributed by atoms with E-state index in [1.165, 1.54) is 31.2 Å². The molecule has 1 N–H and O–H groups in total. The van der Waals surface area contributed by atoms with E-state index < -0.39 is 0 Å². The topological polar surface area (TPSA) is 12.0 Å². The quantitative estimate of drug-likeness (QED) is 0.769. The van der Waals surface area contributed by atoms with Gasteiger partial charge in [0, 0.05) is 17.6 Å². The summed E-state index contributed by atoms with van der Waals surface area (Å²) >= 11 is 5.94. The summed E-state index contributed by atoms with van der Waals surface area (Å²) in [4.78, 5) is 0. The van der Waals surface area contributed by atoms with E-state index in [1.807, 2.05) is 12.1 Å². The van der Waals surface area contributed by atoms with Crippen LogP contribution in [0.2, 0.25) is 5.02 Å². The summed E-state index contributed by atoms with van der Waals surface area (Å²) in [6, 6.07) is 9.11. The Balaban J connectivity index is 1.96. The lowest BCUT2D eigenvalue weighted by Crippen LogP contribution is -2.34. The second kappa shape index (κ2) is 6.08. The van der Waals surface area contributed by atoms with Gasteiger partial charge in [-0.25, -0.2) is 0 Å². The van der Waals surface area contributed by atoms with Crippen LogP contribution in [-0.2, 0) is 6.42 Å². The molecule has 1 fully saturated rings. The Morgan fingerprint density at radius 1 is 1.28 bits per heavy atom. The van der Waals surface area contributed by atoms with Crippen LogP contribution in [0, 0.1) is 5.41 Å². The molecule has 1 atom stereocenters. The van der Waals surface area contributed by atoms with E-state index in [4.69, 9.17) is 11.6 Å². The second-order valence-corrected chi connectivity index (χ2v) is 6.46. The van der Waals surface area contributed by atoms with Crippen molar-refractivity contribution >= 4 is 11.6 Å². The molecule has 0 aromatic heterocycles. The van der Waals surface area contributed by atoms with E-state index in [-0.39, 0.29) is 0 Å². The Kier molecular flexibility index (Phi) is 4.69. The van der Waals surface area contributed by atoms with Crippen LogP contribution in [0.5, 0.6) is 0 Å². The summed E-state index contributed by atoms with van der Waals surface area (Å²) in [6.45, 7) is 5.81. The average molecular weight is 266 g/mol. The predicted molar refractivity (Wildman–Crippen MR) is 79.2 cm³/mol. The van der Waals surface area contributed by atoms with Gasteiger partial charge in [0.25, 0.3) is 0 Å². The number of benzene rings is 1. The summed E-state index contributed by atoms with van der Waals surface area (Å²) in [5.74, 6) is 0. The molecule has 18 heavy (non-hydrogen) atoms. The van der Waals surface area contributed by atoms with Crippen molar-refractivity contribution < 1.29 is 0 Å². The van der Waals surface area contributed by atoms with Crippen LogP contribution in [-0.4, -0.2) is 12.6 Å². The highest BCUT2D eigenvalue weighted by molar-refractivity contribution is 6.30. The molecule has 100 valence electrons. The van der Waals surface area contributed by atoms with Crippen LogP contribution in [0.1, 0.15) is 45.1 Å². The van der Waals surface area contributed by atoms with E-state index >= 15 is 0 Å². The van der Waals surface area contributed by atoms with Crippen LogP contribution in [0.25, 0.3) is 0 Å². The molecular formula is C16H24ClN. The standard InChI is InChI=1S/C16H24ClN/c1-3-10-16(2,12-18-15-8-9-15)11-13-4-6-14(17)7-5-13/h4-7,15,18H,3,8-12H2,1-2H3. The highest BCUT2D eigenvalue weighted by atomic mass is 35.5. The molecule has 1 aromatic rings. The van der Waals surface area contributed by atoms with E-state index in [0.29, 0.717) is 5.41 Å². The summed E-state index contributed by atoms with van der Waals surface area (Å²) in [7, 11) is 0. The van der Waals surface area contributed by atoms with Crippen molar-refractivity contribution in [3.63, 3.8) is 0 Å². The zero-order valence-corrected chi connectivity index (χ0v) is 12.3. The van der Waals surface area contributed by atoms with Gasteiger partial charge in [0.1, 0.15) is 0 Å². The molecule has 1 unspecified atom stereocenters. The Hall–Kier alpha value is -0.530. The van der Waals surface area contributed by atoms with Crippen LogP contribution >= 0.6 is 11.6 Å². The van der Waals surface area contributed by atoms with E-state index in [2.05, 4.69) is 31.3 Å². The van der Waals surface area contributed by atoms with Gasteiger partial charge in [-0.05, 0) is 48.8 Å². The monoisotopic (exact) mass is 265 g/mol. The molecule has 1 nitrogen and oxygen atoms in total. The molecule has 0 heterocycles. The summed E-state index contributed by atoms with van der Waals surface area (Å²) in [5, 5.41) is 4.51. The van der Waals surface area contributed by atoms with Crippen LogP contribution < -0.4 is 5.32 Å². The van der Waals surface area contributed by atoms with Crippen molar-refractivity contribution in [1.82, 2.24) is 5.32 Å². The smallest absolute Gasteiger partial charge is 0.0406 e. The SMILES string of the molecule is CCCC(C)(CNC1CC1)Cc1ccc(Cl)cc1. The fourth-order valence-corrected chi connectivity index (χ4v) is 2.74. The first-order valence-corrected chi connectivity index (χ1v) is 7.47. The minimum Gasteiger partial charge on any atom is -0.313 e. The maximum Gasteiger partial charge on any atom is 0.0406 e. The first-order valence-electron chi connectivity index (χ1n) is 7.09. The van der Waals surface area contributed by atoms with Crippen molar-refractivity contribution in [3.05, 3.63) is 34.9 Å². The number of halogens is 1. The lowest BCUT2D eigenvalue weighted by atomic mass is 9.79. The number of nitrogens with one attached hydrogen (secondary N) is 1. The highest BCUT2D eigenvalue weighted by Crippen LogP contribution is 2.30. The van der Waals surface area contributed by atoms with Crippen LogP contribution in [0.3, 0.4) is 0 Å². The molecule has 1 saturated carbocycles. The minimum absolute atomic E-state index is 0.366. The number of hydrogen-bond acceptors (Lipinski definition) is 1. The van der Waals surface area contributed by atoms with Crippen LogP contribution in [0.15, 0.2) is 24.3 Å². The van der Waals surface area contributed by atoms with E-state index in [0.717, 1.165) is 24.0 Å². The molecule has 0 spiro atoms. The Morgan fingerprint density at radius 2 is 1.94 bits per heavy atom. The molecule has 1 aliphatic rings. The fourth-order valence-electron chi connectivity index (χ4n) is 2.62. The van der Waals surface area contributed by atoms with Crippen molar-refractivity contribution in [2.24, 2.45) is 5.41 Å². The van der Waals surface area contributed by atoms with Gasteiger partial charge in [-0.2, -0.15) is 0 Å². The lowest BCUT2D eigenvalue weighted by Gasteiger charge is -2.30. The molecule has 2 heteroatoms. The maximum atomic E-state index is 5.94. The first-order chi connectivity index (χ1) is 8.61. The predicted octanol–water partition coefficient (Wildman–Crippen LogP) is 4.44. The van der Waals surface area contributed by atoms with Crippen molar-refractivity contribution in [2.45, 2.75) is 52.0 Å². The summed E-state index contributed by atoms with van der Waals surface area (Å²) in [6.07, 6.45) is 6.38. The van der Waals surface area contributed by atoms with Gasteiger partial charge >= 0.3 is 0 Å². The van der Waals surface area contributed by atoms with Crippen molar-refractivity contribution in [1.29, 1.82) is 0 Å². The van der Waals surface area contributed by atoms with Crippen molar-refractivity contribution in [2.75, 3.05) is 6.54 Å². The second-order valence-electron chi connectivity index (χ2n) is 6.02. The van der Waals surface area contributed by atoms with Gasteiger partial charge in [0.15, 0.2) is 0 Å². The fraction of sp³-hybridized carbons (Fsp3) is 0.625. The highest BCUT2D eigenvalue weighted by Gasteiger charge is 2.28. The zero-order chi connectivity index (χ0) is 13.0. The molecule has 1 aromatic carbocycles. The Labute approximate surface area is 116 Å². The lowest BCUT2D eigenvalue weighted by molar-refractivity contribution is 0.274. The molecule has 0 amide bonds. The van der Waals surface area contributed by atoms with Gasteiger partial charge in [0.05, 0.1) is 0 Å². The molecular weight excluding hydrogens is 242 g/mol. The molecule has 0 saturated heterocycles. The third-order valence-electron chi connectivity index (χ3n) is 3.79. The Bertz CT molecular complexity index is 369. The molecule has 0 aliphatic heterocycles. The van der Waals surface area contributed by atoms with Gasteiger partial charge in [-0.3, -0.25) is 0 Å². The van der Waals surface area contributed by atoms with Gasteiger partial charge in [-0.1, -0.05) is 44.0 Å². The molecule has 0 radical (unpaired) electrons. The summed E-state index contributed by atoms with van der Waals surface area (Å²) in [5.41, 5.74) is 1.76. The third kappa shape index (κ3) is 4.29. The molecule has 1 aliphatic carbocycles. The van der Waals surface area contributed by atoms with Gasteiger partial charge < -0.3 is 5.32 Å². The van der Waals surface area contributed by atoms with Crippen LogP contribution in [0.4, 0.5) is 0 Å². The first kappa shape index (κ1) is 13.9. The maximum absolute atomic E-state index is 5.94. The largest absolute Gasteiger partial charge is 0.313 e. The van der Waals surface area contributed by atoms with Gasteiger partial charge in [0.2, 0.25) is 0 Å². The van der Waals surface area contributed by atoms with Gasteiger partial charge in [-0.15, -0.1) is 0 Å². The molecule has 2 rings (SSSR count). The van der Waals surface area contributed by atoms with E-state index in [9.17, 15) is 0 Å².